The molecule has 3 saturated carbocycles. The number of hydrogen-bond donors (Lipinski definition) is 1. The Morgan fingerprint density at radius 3 is 2.44 bits per heavy atom. The lowest BCUT2D eigenvalue weighted by atomic mass is 9.78. The van der Waals surface area contributed by atoms with E-state index >= 15 is 0 Å². The minimum absolute atomic E-state index is 0.255. The molecule has 2 nitrogen and oxygen atoms in total. The largest absolute Gasteiger partial charge is 0.375 e. The Balaban J connectivity index is 1.42. The van der Waals surface area contributed by atoms with Gasteiger partial charge >= 0.3 is 0 Å². The average molecular weight is 249 g/mol. The van der Waals surface area contributed by atoms with Crippen LogP contribution in [0.1, 0.15) is 57.8 Å². The number of fused-ring (bicyclic) bond motifs is 1. The summed E-state index contributed by atoms with van der Waals surface area (Å²) < 4.78 is 6.15. The molecule has 4 rings (SSSR count). The van der Waals surface area contributed by atoms with Crippen molar-refractivity contribution in [3.63, 3.8) is 0 Å². The summed E-state index contributed by atoms with van der Waals surface area (Å²) in [5.41, 5.74) is 6.89. The lowest BCUT2D eigenvalue weighted by Crippen LogP contribution is -2.45. The molecule has 0 radical (unpaired) electrons. The van der Waals surface area contributed by atoms with Gasteiger partial charge in [0, 0.05) is 12.6 Å². The molecule has 1 spiro atoms. The molecule has 4 fully saturated rings. The topological polar surface area (TPSA) is 35.2 Å². The van der Waals surface area contributed by atoms with Gasteiger partial charge in [-0.2, -0.15) is 0 Å². The van der Waals surface area contributed by atoms with Gasteiger partial charge in [-0.1, -0.05) is 19.3 Å². The molecule has 4 unspecified atom stereocenters. The second kappa shape index (κ2) is 4.21. The van der Waals surface area contributed by atoms with Crippen molar-refractivity contribution in [1.82, 2.24) is 0 Å². The van der Waals surface area contributed by atoms with Crippen LogP contribution in [0.25, 0.3) is 0 Å². The molecule has 1 saturated heterocycles. The van der Waals surface area contributed by atoms with Crippen molar-refractivity contribution >= 4 is 0 Å². The first-order valence-corrected chi connectivity index (χ1v) is 8.19. The highest BCUT2D eigenvalue weighted by molar-refractivity contribution is 5.08. The van der Waals surface area contributed by atoms with Gasteiger partial charge in [-0.05, 0) is 62.2 Å². The first kappa shape index (κ1) is 11.7. The van der Waals surface area contributed by atoms with E-state index in [-0.39, 0.29) is 5.60 Å². The molecule has 2 heteroatoms. The minimum Gasteiger partial charge on any atom is -0.375 e. The molecule has 0 aromatic carbocycles. The Labute approximate surface area is 111 Å². The van der Waals surface area contributed by atoms with E-state index in [9.17, 15) is 0 Å². The zero-order valence-electron chi connectivity index (χ0n) is 11.4. The summed E-state index contributed by atoms with van der Waals surface area (Å²) in [7, 11) is 0. The van der Waals surface area contributed by atoms with Crippen LogP contribution in [0, 0.1) is 23.7 Å². The number of ether oxygens (including phenoxy) is 1. The molecule has 18 heavy (non-hydrogen) atoms. The fourth-order valence-corrected chi connectivity index (χ4v) is 5.52. The second-order valence-electron chi connectivity index (χ2n) is 7.40. The van der Waals surface area contributed by atoms with Crippen molar-refractivity contribution in [1.29, 1.82) is 0 Å². The van der Waals surface area contributed by atoms with Gasteiger partial charge < -0.3 is 10.5 Å². The van der Waals surface area contributed by atoms with Gasteiger partial charge in [-0.15, -0.1) is 0 Å². The Bertz CT molecular complexity index is 313. The molecule has 0 bridgehead atoms. The second-order valence-corrected chi connectivity index (χ2v) is 7.40. The fourth-order valence-electron chi connectivity index (χ4n) is 5.52. The molecule has 3 aliphatic carbocycles. The summed E-state index contributed by atoms with van der Waals surface area (Å²) in [5, 5.41) is 0. The maximum absolute atomic E-state index is 6.64. The summed E-state index contributed by atoms with van der Waals surface area (Å²) in [6.45, 7) is 0.973. The van der Waals surface area contributed by atoms with Gasteiger partial charge in [0.1, 0.15) is 0 Å². The zero-order chi connectivity index (χ0) is 12.2. The first-order chi connectivity index (χ1) is 8.79. The zero-order valence-corrected chi connectivity index (χ0v) is 11.4. The van der Waals surface area contributed by atoms with Crippen LogP contribution in [0.3, 0.4) is 0 Å². The predicted molar refractivity (Wildman–Crippen MR) is 72.2 cm³/mol. The molecule has 1 aliphatic heterocycles. The SMILES string of the molecule is NC(C1CCOC2(CCCC2)C1)C1C2CCCC21. The first-order valence-electron chi connectivity index (χ1n) is 8.19. The lowest BCUT2D eigenvalue weighted by Gasteiger charge is -2.41. The third-order valence-corrected chi connectivity index (χ3v) is 6.51. The van der Waals surface area contributed by atoms with Gasteiger partial charge in [-0.25, -0.2) is 0 Å². The van der Waals surface area contributed by atoms with Crippen LogP contribution < -0.4 is 5.73 Å². The fraction of sp³-hybridized carbons (Fsp3) is 1.00. The van der Waals surface area contributed by atoms with Crippen molar-refractivity contribution in [2.45, 2.75) is 69.4 Å². The van der Waals surface area contributed by atoms with Crippen molar-refractivity contribution in [2.24, 2.45) is 29.4 Å². The normalized spacial score (nSPS) is 47.2. The van der Waals surface area contributed by atoms with Gasteiger partial charge in [-0.3, -0.25) is 0 Å². The molecular formula is C16H27NO. The Morgan fingerprint density at radius 2 is 1.72 bits per heavy atom. The van der Waals surface area contributed by atoms with Crippen LogP contribution >= 0.6 is 0 Å². The smallest absolute Gasteiger partial charge is 0.0685 e. The van der Waals surface area contributed by atoms with Crippen LogP contribution in [0.4, 0.5) is 0 Å². The molecule has 0 amide bonds. The van der Waals surface area contributed by atoms with Crippen LogP contribution in [-0.2, 0) is 4.74 Å². The molecule has 2 N–H and O–H groups in total. The molecule has 0 aromatic rings. The number of rotatable bonds is 2. The van der Waals surface area contributed by atoms with Crippen molar-refractivity contribution in [3.8, 4) is 0 Å². The van der Waals surface area contributed by atoms with E-state index in [0.717, 1.165) is 30.3 Å². The quantitative estimate of drug-likeness (QED) is 0.816. The monoisotopic (exact) mass is 249 g/mol. The van der Waals surface area contributed by atoms with Gasteiger partial charge in [0.2, 0.25) is 0 Å². The predicted octanol–water partition coefficient (Wildman–Crippen LogP) is 3.10. The van der Waals surface area contributed by atoms with E-state index in [1.807, 2.05) is 0 Å². The highest BCUT2D eigenvalue weighted by Gasteiger charge is 2.57. The third-order valence-electron chi connectivity index (χ3n) is 6.51. The van der Waals surface area contributed by atoms with Crippen LogP contribution in [-0.4, -0.2) is 18.2 Å². The van der Waals surface area contributed by atoms with Crippen molar-refractivity contribution in [2.75, 3.05) is 6.61 Å². The van der Waals surface area contributed by atoms with Gasteiger partial charge in [0.25, 0.3) is 0 Å². The molecule has 102 valence electrons. The highest BCUT2D eigenvalue weighted by atomic mass is 16.5. The Hall–Kier alpha value is -0.0800. The van der Waals surface area contributed by atoms with E-state index < -0.39 is 0 Å². The summed E-state index contributed by atoms with van der Waals surface area (Å²) in [5.74, 6) is 3.68. The summed E-state index contributed by atoms with van der Waals surface area (Å²) >= 11 is 0. The summed E-state index contributed by atoms with van der Waals surface area (Å²) in [6.07, 6.45) is 12.2. The molecule has 0 aromatic heterocycles. The molecule has 4 aliphatic rings. The Kier molecular flexibility index (Phi) is 2.74. The molecular weight excluding hydrogens is 222 g/mol. The summed E-state index contributed by atoms with van der Waals surface area (Å²) in [4.78, 5) is 0. The average Bonchev–Trinajstić information content (AvgIpc) is 2.78. The van der Waals surface area contributed by atoms with Crippen molar-refractivity contribution in [3.05, 3.63) is 0 Å². The van der Waals surface area contributed by atoms with Crippen LogP contribution in [0.5, 0.6) is 0 Å². The minimum atomic E-state index is 0.255. The lowest BCUT2D eigenvalue weighted by molar-refractivity contribution is -0.0975. The third kappa shape index (κ3) is 1.76. The molecule has 1 heterocycles. The number of hydrogen-bond acceptors (Lipinski definition) is 2. The van der Waals surface area contributed by atoms with E-state index in [0.29, 0.717) is 6.04 Å². The van der Waals surface area contributed by atoms with E-state index in [4.69, 9.17) is 10.5 Å². The maximum atomic E-state index is 6.64. The van der Waals surface area contributed by atoms with Crippen molar-refractivity contribution < 1.29 is 4.74 Å². The van der Waals surface area contributed by atoms with Gasteiger partial charge in [0.05, 0.1) is 5.60 Å². The van der Waals surface area contributed by atoms with E-state index in [1.54, 1.807) is 0 Å². The van der Waals surface area contributed by atoms with Gasteiger partial charge in [0.15, 0.2) is 0 Å². The number of nitrogens with two attached hydrogens (primary N) is 1. The Morgan fingerprint density at radius 1 is 1.00 bits per heavy atom. The molecule has 4 atom stereocenters. The maximum Gasteiger partial charge on any atom is 0.0685 e. The van der Waals surface area contributed by atoms with Crippen LogP contribution in [0.2, 0.25) is 0 Å². The highest BCUT2D eigenvalue weighted by Crippen LogP contribution is 2.60. The van der Waals surface area contributed by atoms with E-state index in [1.165, 1.54) is 57.8 Å². The standard InChI is InChI=1S/C16H27NO/c17-15(14-12-4-3-5-13(12)14)11-6-9-18-16(10-11)7-1-2-8-16/h11-15H,1-10,17H2. The van der Waals surface area contributed by atoms with Crippen LogP contribution in [0.15, 0.2) is 0 Å². The van der Waals surface area contributed by atoms with E-state index in [2.05, 4.69) is 0 Å². The summed E-state index contributed by atoms with van der Waals surface area (Å²) in [6, 6.07) is 0.488.